The molecule has 0 bridgehead atoms. The second-order valence-corrected chi connectivity index (χ2v) is 8.11. The monoisotopic (exact) mass is 395 g/mol. The summed E-state index contributed by atoms with van der Waals surface area (Å²) < 4.78 is 32.6. The molecule has 0 aromatic heterocycles. The zero-order valence-corrected chi connectivity index (χ0v) is 15.7. The van der Waals surface area contributed by atoms with Crippen LogP contribution in [0.5, 0.6) is 0 Å². The highest BCUT2D eigenvalue weighted by atomic mass is 32.2. The molecule has 1 atom stereocenters. The van der Waals surface area contributed by atoms with Crippen LogP contribution >= 0.6 is 0 Å². The topological polar surface area (TPSA) is 113 Å². The standard InChI is InChI=1S/C17H21N3O6S/c1-12(17(23)19-8-10-26-11-9-19)18-27(24,25)14-4-2-13(3-5-14)20-15(21)6-7-16(20)22/h2-5,12,18H,6-11H2,1H3/t12-/m1/s1. The van der Waals surface area contributed by atoms with E-state index < -0.39 is 16.1 Å². The zero-order chi connectivity index (χ0) is 19.6. The van der Waals surface area contributed by atoms with Gasteiger partial charge in [0.1, 0.15) is 0 Å². The lowest BCUT2D eigenvalue weighted by Gasteiger charge is -2.29. The van der Waals surface area contributed by atoms with Gasteiger partial charge in [-0.15, -0.1) is 0 Å². The van der Waals surface area contributed by atoms with E-state index in [1.54, 1.807) is 4.90 Å². The molecule has 146 valence electrons. The number of nitrogens with one attached hydrogen (secondary N) is 1. The van der Waals surface area contributed by atoms with E-state index in [-0.39, 0.29) is 35.5 Å². The number of sulfonamides is 1. The number of imide groups is 1. The summed E-state index contributed by atoms with van der Waals surface area (Å²) in [5, 5.41) is 0. The van der Waals surface area contributed by atoms with Gasteiger partial charge in [-0.25, -0.2) is 8.42 Å². The van der Waals surface area contributed by atoms with Crippen LogP contribution < -0.4 is 9.62 Å². The van der Waals surface area contributed by atoms with Gasteiger partial charge in [-0.1, -0.05) is 0 Å². The van der Waals surface area contributed by atoms with Crippen LogP contribution in [0.3, 0.4) is 0 Å². The molecule has 9 nitrogen and oxygen atoms in total. The maximum absolute atomic E-state index is 12.5. The van der Waals surface area contributed by atoms with Crippen molar-refractivity contribution in [1.82, 2.24) is 9.62 Å². The minimum atomic E-state index is -3.93. The van der Waals surface area contributed by atoms with E-state index in [2.05, 4.69) is 4.72 Å². The van der Waals surface area contributed by atoms with Gasteiger partial charge in [0.2, 0.25) is 27.7 Å². The maximum atomic E-state index is 12.5. The Hall–Kier alpha value is -2.30. The van der Waals surface area contributed by atoms with Gasteiger partial charge in [0.05, 0.1) is 29.8 Å². The summed E-state index contributed by atoms with van der Waals surface area (Å²) in [6.45, 7) is 3.21. The molecule has 1 aromatic rings. The van der Waals surface area contributed by atoms with Gasteiger partial charge in [0.25, 0.3) is 0 Å². The number of carbonyl (C=O) groups excluding carboxylic acids is 3. The summed E-state index contributed by atoms with van der Waals surface area (Å²) in [5.41, 5.74) is 0.332. The lowest BCUT2D eigenvalue weighted by molar-refractivity contribution is -0.136. The largest absolute Gasteiger partial charge is 0.378 e. The Bertz CT molecular complexity index is 830. The van der Waals surface area contributed by atoms with Crippen molar-refractivity contribution in [3.05, 3.63) is 24.3 Å². The van der Waals surface area contributed by atoms with Crippen LogP contribution in [0.4, 0.5) is 5.69 Å². The molecule has 0 radical (unpaired) electrons. The number of hydrogen-bond donors (Lipinski definition) is 1. The second kappa shape index (κ2) is 7.75. The minimum absolute atomic E-state index is 0.0491. The third-order valence-electron chi connectivity index (χ3n) is 4.48. The third-order valence-corrected chi connectivity index (χ3v) is 6.04. The number of ether oxygens (including phenoxy) is 1. The van der Waals surface area contributed by atoms with Crippen LogP contribution in [-0.2, 0) is 29.1 Å². The molecule has 1 N–H and O–H groups in total. The molecular formula is C17H21N3O6S. The predicted molar refractivity (Wildman–Crippen MR) is 95.4 cm³/mol. The zero-order valence-electron chi connectivity index (χ0n) is 14.9. The fraction of sp³-hybridized carbons (Fsp3) is 0.471. The van der Waals surface area contributed by atoms with Crippen LogP contribution in [-0.4, -0.2) is 63.4 Å². The average Bonchev–Trinajstić information content (AvgIpc) is 3.00. The third kappa shape index (κ3) is 4.18. The SMILES string of the molecule is C[C@@H](NS(=O)(=O)c1ccc(N2C(=O)CCC2=O)cc1)C(=O)N1CCOCC1. The first-order chi connectivity index (χ1) is 12.8. The highest BCUT2D eigenvalue weighted by Gasteiger charge is 2.31. The number of hydrogen-bond acceptors (Lipinski definition) is 6. The summed E-state index contributed by atoms with van der Waals surface area (Å²) in [6, 6.07) is 4.51. The lowest BCUT2D eigenvalue weighted by atomic mass is 10.3. The Morgan fingerprint density at radius 2 is 1.63 bits per heavy atom. The van der Waals surface area contributed by atoms with E-state index in [1.165, 1.54) is 31.2 Å². The van der Waals surface area contributed by atoms with Crippen LogP contribution in [0.1, 0.15) is 19.8 Å². The van der Waals surface area contributed by atoms with Crippen LogP contribution in [0.2, 0.25) is 0 Å². The highest BCUT2D eigenvalue weighted by Crippen LogP contribution is 2.24. The van der Waals surface area contributed by atoms with Gasteiger partial charge in [0.15, 0.2) is 0 Å². The first-order valence-electron chi connectivity index (χ1n) is 8.64. The van der Waals surface area contributed by atoms with Crippen LogP contribution in [0.25, 0.3) is 0 Å². The van der Waals surface area contributed by atoms with Crippen molar-refractivity contribution < 1.29 is 27.5 Å². The van der Waals surface area contributed by atoms with Gasteiger partial charge in [-0.2, -0.15) is 4.72 Å². The first-order valence-corrected chi connectivity index (χ1v) is 10.1. The van der Waals surface area contributed by atoms with Crippen molar-refractivity contribution in [2.24, 2.45) is 0 Å². The Morgan fingerprint density at radius 3 is 2.19 bits per heavy atom. The summed E-state index contributed by atoms with van der Waals surface area (Å²) in [7, 11) is -3.93. The number of morpholine rings is 1. The molecule has 2 aliphatic heterocycles. The molecule has 0 aliphatic carbocycles. The Balaban J connectivity index is 1.70. The van der Waals surface area contributed by atoms with Crippen molar-refractivity contribution in [2.45, 2.75) is 30.7 Å². The Kier molecular flexibility index (Phi) is 5.59. The van der Waals surface area contributed by atoms with Crippen LogP contribution in [0, 0.1) is 0 Å². The number of rotatable bonds is 5. The van der Waals surface area contributed by atoms with E-state index in [0.29, 0.717) is 32.0 Å². The molecule has 0 saturated carbocycles. The molecule has 3 rings (SSSR count). The summed E-state index contributed by atoms with van der Waals surface area (Å²) in [6.07, 6.45) is 0.309. The van der Waals surface area contributed by atoms with Crippen molar-refractivity contribution in [3.63, 3.8) is 0 Å². The molecule has 0 unspecified atom stereocenters. The number of nitrogens with zero attached hydrogens (tertiary/aromatic N) is 2. The lowest BCUT2D eigenvalue weighted by Crippen LogP contribution is -2.50. The molecule has 27 heavy (non-hydrogen) atoms. The molecule has 10 heteroatoms. The highest BCUT2D eigenvalue weighted by molar-refractivity contribution is 7.89. The number of benzene rings is 1. The summed E-state index contributed by atoms with van der Waals surface area (Å²) in [4.78, 5) is 38.5. The van der Waals surface area contributed by atoms with Gasteiger partial charge < -0.3 is 9.64 Å². The molecule has 1 aromatic carbocycles. The summed E-state index contributed by atoms with van der Waals surface area (Å²) >= 11 is 0. The van der Waals surface area contributed by atoms with Crippen LogP contribution in [0.15, 0.2) is 29.2 Å². The minimum Gasteiger partial charge on any atom is -0.378 e. The molecule has 2 heterocycles. The van der Waals surface area contributed by atoms with E-state index >= 15 is 0 Å². The fourth-order valence-corrected chi connectivity index (χ4v) is 4.24. The summed E-state index contributed by atoms with van der Waals surface area (Å²) in [5.74, 6) is -0.927. The van der Waals surface area contributed by atoms with Crippen molar-refractivity contribution >= 4 is 33.4 Å². The van der Waals surface area contributed by atoms with E-state index in [1.807, 2.05) is 0 Å². The van der Waals surface area contributed by atoms with E-state index in [4.69, 9.17) is 4.74 Å². The molecule has 2 fully saturated rings. The van der Waals surface area contributed by atoms with Gasteiger partial charge in [-0.05, 0) is 31.2 Å². The van der Waals surface area contributed by atoms with E-state index in [0.717, 1.165) is 4.90 Å². The normalized spacial score (nSPS) is 19.4. The molecule has 0 spiro atoms. The van der Waals surface area contributed by atoms with Gasteiger partial charge in [0, 0.05) is 25.9 Å². The van der Waals surface area contributed by atoms with Crippen molar-refractivity contribution in [3.8, 4) is 0 Å². The predicted octanol–water partition coefficient (Wildman–Crippen LogP) is -0.134. The van der Waals surface area contributed by atoms with Crippen molar-refractivity contribution in [2.75, 3.05) is 31.2 Å². The van der Waals surface area contributed by atoms with Crippen molar-refractivity contribution in [1.29, 1.82) is 0 Å². The number of carbonyl (C=O) groups is 3. The molecule has 3 amide bonds. The average molecular weight is 395 g/mol. The molecule has 2 aliphatic rings. The second-order valence-electron chi connectivity index (χ2n) is 6.40. The number of amides is 3. The van der Waals surface area contributed by atoms with Gasteiger partial charge >= 0.3 is 0 Å². The first kappa shape index (κ1) is 19.5. The Morgan fingerprint density at radius 1 is 1.07 bits per heavy atom. The molecule has 2 saturated heterocycles. The quantitative estimate of drug-likeness (QED) is 0.695. The maximum Gasteiger partial charge on any atom is 0.241 e. The Labute approximate surface area is 157 Å². The van der Waals surface area contributed by atoms with E-state index in [9.17, 15) is 22.8 Å². The number of anilines is 1. The van der Waals surface area contributed by atoms with Gasteiger partial charge in [-0.3, -0.25) is 19.3 Å². The molecular weight excluding hydrogens is 374 g/mol. The smallest absolute Gasteiger partial charge is 0.241 e. The fourth-order valence-electron chi connectivity index (χ4n) is 3.05.